The van der Waals surface area contributed by atoms with Crippen LogP contribution < -0.4 is 10.2 Å². The van der Waals surface area contributed by atoms with Crippen molar-refractivity contribution in [3.8, 4) is 0 Å². The van der Waals surface area contributed by atoms with E-state index in [2.05, 4.69) is 21.2 Å². The molecule has 0 bridgehead atoms. The minimum Gasteiger partial charge on any atom is -0.352 e. The summed E-state index contributed by atoms with van der Waals surface area (Å²) in [5.41, 5.74) is 3.53. The molecule has 1 aliphatic heterocycles. The maximum absolute atomic E-state index is 14.0. The highest BCUT2D eigenvalue weighted by atomic mass is 79.9. The zero-order valence-electron chi connectivity index (χ0n) is 24.1. The highest BCUT2D eigenvalue weighted by molar-refractivity contribution is 9.10. The SMILES string of the molecule is CC[C@@H](C)NC(=O)[C@@H](Cc1ccccc1)N(Cc1ccc(Br)cc1)C(=O)CCCN1C(=O)c2cccc3cccc1c23. The average Bonchev–Trinajstić information content (AvgIpc) is 3.28. The van der Waals surface area contributed by atoms with E-state index in [-0.39, 0.29) is 30.2 Å². The Labute approximate surface area is 255 Å². The minimum atomic E-state index is -0.677. The largest absolute Gasteiger partial charge is 0.352 e. The number of nitrogens with one attached hydrogen (secondary N) is 1. The van der Waals surface area contributed by atoms with Crippen LogP contribution in [0.1, 0.15) is 54.6 Å². The number of carbonyl (C=O) groups is 3. The van der Waals surface area contributed by atoms with Crippen LogP contribution >= 0.6 is 15.9 Å². The fourth-order valence-electron chi connectivity index (χ4n) is 5.51. The number of nitrogens with zero attached hydrogens (tertiary/aromatic N) is 2. The molecule has 0 saturated heterocycles. The Bertz CT molecular complexity index is 1570. The van der Waals surface area contributed by atoms with Crippen LogP contribution in [0.5, 0.6) is 0 Å². The van der Waals surface area contributed by atoms with E-state index in [1.54, 1.807) is 9.80 Å². The summed E-state index contributed by atoms with van der Waals surface area (Å²) in [6.07, 6.45) is 1.90. The van der Waals surface area contributed by atoms with Crippen LogP contribution in [-0.2, 0) is 22.6 Å². The van der Waals surface area contributed by atoms with Gasteiger partial charge >= 0.3 is 0 Å². The fraction of sp³-hybridized carbons (Fsp3) is 0.286. The Kier molecular flexibility index (Phi) is 9.38. The van der Waals surface area contributed by atoms with Crippen LogP contribution in [0.3, 0.4) is 0 Å². The molecule has 7 heteroatoms. The van der Waals surface area contributed by atoms with Crippen LogP contribution in [0, 0.1) is 0 Å². The van der Waals surface area contributed by atoms with Gasteiger partial charge in [0, 0.05) is 47.4 Å². The number of rotatable bonds is 12. The first-order chi connectivity index (χ1) is 20.4. The third kappa shape index (κ3) is 6.57. The number of halogens is 1. The van der Waals surface area contributed by atoms with Crippen LogP contribution in [0.2, 0.25) is 0 Å². The summed E-state index contributed by atoms with van der Waals surface area (Å²) in [5.74, 6) is -0.299. The molecule has 0 aromatic heterocycles. The molecule has 216 valence electrons. The second-order valence-electron chi connectivity index (χ2n) is 10.9. The first kappa shape index (κ1) is 29.5. The number of amides is 3. The van der Waals surface area contributed by atoms with E-state index >= 15 is 0 Å². The number of hydrogen-bond donors (Lipinski definition) is 1. The third-order valence-electron chi connectivity index (χ3n) is 7.96. The van der Waals surface area contributed by atoms with E-state index in [0.717, 1.165) is 38.5 Å². The van der Waals surface area contributed by atoms with Crippen LogP contribution in [0.4, 0.5) is 5.69 Å². The summed E-state index contributed by atoms with van der Waals surface area (Å²) in [4.78, 5) is 44.5. The van der Waals surface area contributed by atoms with Crippen LogP contribution in [0.15, 0.2) is 95.5 Å². The van der Waals surface area contributed by atoms with Crippen molar-refractivity contribution in [2.75, 3.05) is 11.4 Å². The molecule has 0 unspecified atom stereocenters. The van der Waals surface area contributed by atoms with E-state index < -0.39 is 6.04 Å². The van der Waals surface area contributed by atoms with Gasteiger partial charge in [-0.1, -0.05) is 89.6 Å². The third-order valence-corrected chi connectivity index (χ3v) is 8.49. The van der Waals surface area contributed by atoms with E-state index in [4.69, 9.17) is 0 Å². The highest BCUT2D eigenvalue weighted by Crippen LogP contribution is 2.37. The topological polar surface area (TPSA) is 69.7 Å². The number of anilines is 1. The molecule has 0 aliphatic carbocycles. The van der Waals surface area contributed by atoms with Gasteiger partial charge in [-0.15, -0.1) is 0 Å². The van der Waals surface area contributed by atoms with Crippen molar-refractivity contribution in [3.63, 3.8) is 0 Å². The maximum Gasteiger partial charge on any atom is 0.258 e. The fourth-order valence-corrected chi connectivity index (χ4v) is 5.78. The van der Waals surface area contributed by atoms with Crippen molar-refractivity contribution in [3.05, 3.63) is 112 Å². The van der Waals surface area contributed by atoms with E-state index in [1.807, 2.05) is 105 Å². The monoisotopic (exact) mass is 625 g/mol. The molecule has 2 atom stereocenters. The molecule has 6 nitrogen and oxygen atoms in total. The molecule has 0 saturated carbocycles. The van der Waals surface area contributed by atoms with Gasteiger partial charge in [-0.2, -0.15) is 0 Å². The molecule has 4 aromatic carbocycles. The predicted molar refractivity (Wildman–Crippen MR) is 171 cm³/mol. The number of hydrogen-bond acceptors (Lipinski definition) is 3. The van der Waals surface area contributed by atoms with Crippen molar-refractivity contribution in [1.29, 1.82) is 0 Å². The predicted octanol–water partition coefficient (Wildman–Crippen LogP) is 6.90. The average molecular weight is 627 g/mol. The molecule has 1 aliphatic rings. The first-order valence-electron chi connectivity index (χ1n) is 14.6. The van der Waals surface area contributed by atoms with Gasteiger partial charge in [0.05, 0.1) is 5.69 Å². The lowest BCUT2D eigenvalue weighted by atomic mass is 10.0. The molecule has 1 heterocycles. The zero-order chi connectivity index (χ0) is 29.6. The summed E-state index contributed by atoms with van der Waals surface area (Å²) in [5, 5.41) is 5.12. The van der Waals surface area contributed by atoms with Gasteiger partial charge in [-0.25, -0.2) is 0 Å². The van der Waals surface area contributed by atoms with Gasteiger partial charge < -0.3 is 15.1 Å². The summed E-state index contributed by atoms with van der Waals surface area (Å²) < 4.78 is 0.950. The molecule has 4 aromatic rings. The van der Waals surface area contributed by atoms with Gasteiger partial charge in [0.2, 0.25) is 11.8 Å². The Hall–Kier alpha value is -3.97. The molecule has 5 rings (SSSR count). The van der Waals surface area contributed by atoms with Crippen molar-refractivity contribution in [2.24, 2.45) is 0 Å². The second-order valence-corrected chi connectivity index (χ2v) is 11.8. The molecule has 3 amide bonds. The summed E-state index contributed by atoms with van der Waals surface area (Å²) in [7, 11) is 0. The first-order valence-corrected chi connectivity index (χ1v) is 15.4. The number of carbonyl (C=O) groups excluding carboxylic acids is 3. The Morgan fingerprint density at radius 1 is 0.905 bits per heavy atom. The maximum atomic E-state index is 14.0. The van der Waals surface area contributed by atoms with Crippen LogP contribution in [0.25, 0.3) is 10.8 Å². The Balaban J connectivity index is 1.37. The van der Waals surface area contributed by atoms with Crippen LogP contribution in [-0.4, -0.2) is 41.2 Å². The van der Waals surface area contributed by atoms with Gasteiger partial charge in [-0.3, -0.25) is 14.4 Å². The van der Waals surface area contributed by atoms with E-state index in [9.17, 15) is 14.4 Å². The molecule has 0 spiro atoms. The standard InChI is InChI=1S/C35H36BrN3O3/c1-3-24(2)37-34(41)31(22-25-10-5-4-6-11-25)39(23-26-17-19-28(36)20-18-26)32(40)16-9-21-38-30-15-8-13-27-12-7-14-29(33(27)30)35(38)42/h4-8,10-15,17-20,24,31H,3,9,16,21-23H2,1-2H3,(H,37,41)/t24-,31-/m1/s1. The quantitative estimate of drug-likeness (QED) is 0.186. The van der Waals surface area contributed by atoms with E-state index in [0.29, 0.717) is 31.5 Å². The van der Waals surface area contributed by atoms with Gasteiger partial charge in [-0.05, 0) is 60.5 Å². The molecule has 42 heavy (non-hydrogen) atoms. The summed E-state index contributed by atoms with van der Waals surface area (Å²) in [6.45, 7) is 4.74. The number of benzene rings is 4. The Morgan fingerprint density at radius 2 is 1.62 bits per heavy atom. The van der Waals surface area contributed by atoms with Crippen molar-refractivity contribution < 1.29 is 14.4 Å². The van der Waals surface area contributed by atoms with E-state index in [1.165, 1.54) is 0 Å². The van der Waals surface area contributed by atoms with Gasteiger partial charge in [0.25, 0.3) is 5.91 Å². The summed E-state index contributed by atoms with van der Waals surface area (Å²) in [6, 6.07) is 28.7. The lowest BCUT2D eigenvalue weighted by Crippen LogP contribution is -2.52. The van der Waals surface area contributed by atoms with Gasteiger partial charge in [0.1, 0.15) is 6.04 Å². The minimum absolute atomic E-state index is 0.00840. The second kappa shape index (κ2) is 13.3. The smallest absolute Gasteiger partial charge is 0.258 e. The van der Waals surface area contributed by atoms with Crippen molar-refractivity contribution in [2.45, 2.75) is 58.2 Å². The van der Waals surface area contributed by atoms with Crippen molar-refractivity contribution in [1.82, 2.24) is 10.2 Å². The lowest BCUT2D eigenvalue weighted by Gasteiger charge is -2.32. The van der Waals surface area contributed by atoms with Gasteiger partial charge in [0.15, 0.2) is 0 Å². The molecule has 1 N–H and O–H groups in total. The molecular weight excluding hydrogens is 590 g/mol. The molecule has 0 radical (unpaired) electrons. The van der Waals surface area contributed by atoms with Crippen molar-refractivity contribution >= 4 is 50.1 Å². The molecular formula is C35H36BrN3O3. The normalized spacial score (nSPS) is 13.7. The Morgan fingerprint density at radius 3 is 2.33 bits per heavy atom. The lowest BCUT2D eigenvalue weighted by molar-refractivity contribution is -0.141. The molecule has 0 fully saturated rings. The summed E-state index contributed by atoms with van der Waals surface area (Å²) >= 11 is 3.49. The highest BCUT2D eigenvalue weighted by Gasteiger charge is 2.32. The zero-order valence-corrected chi connectivity index (χ0v) is 25.6.